The van der Waals surface area contributed by atoms with Crippen LogP contribution in [0.4, 0.5) is 17.1 Å². The second-order valence-electron chi connectivity index (χ2n) is 8.51. The number of anilines is 3. The highest BCUT2D eigenvalue weighted by Crippen LogP contribution is 2.39. The summed E-state index contributed by atoms with van der Waals surface area (Å²) in [4.78, 5) is 2.34. The highest BCUT2D eigenvalue weighted by atomic mass is 15.1. The highest BCUT2D eigenvalue weighted by Gasteiger charge is 2.15. The quantitative estimate of drug-likeness (QED) is 0.271. The molecule has 1 nitrogen and oxygen atoms in total. The summed E-state index contributed by atoms with van der Waals surface area (Å²) in [5.41, 5.74) is 10.8. The van der Waals surface area contributed by atoms with Gasteiger partial charge in [-0.3, -0.25) is 0 Å². The van der Waals surface area contributed by atoms with Crippen LogP contribution in [-0.2, 0) is 0 Å². The normalized spacial score (nSPS) is 10.7. The summed E-state index contributed by atoms with van der Waals surface area (Å²) < 4.78 is 0. The van der Waals surface area contributed by atoms with Gasteiger partial charge in [0.1, 0.15) is 0 Å². The van der Waals surface area contributed by atoms with Crippen LogP contribution in [0.2, 0.25) is 0 Å². The zero-order chi connectivity index (χ0) is 22.6. The maximum atomic E-state index is 2.34. The molecule has 1 heteroatoms. The van der Waals surface area contributed by atoms with Crippen LogP contribution < -0.4 is 4.90 Å². The van der Waals surface area contributed by atoms with Gasteiger partial charge in [-0.1, -0.05) is 96.1 Å². The van der Waals surface area contributed by atoms with E-state index in [0.717, 1.165) is 17.1 Å². The Hall–Kier alpha value is -4.10. The first-order chi connectivity index (χ1) is 16.2. The fourth-order valence-electron chi connectivity index (χ4n) is 4.17. The minimum Gasteiger partial charge on any atom is -0.310 e. The molecule has 0 aromatic heterocycles. The van der Waals surface area contributed by atoms with Crippen molar-refractivity contribution in [3.63, 3.8) is 0 Å². The Balaban J connectivity index is 1.74. The van der Waals surface area contributed by atoms with Gasteiger partial charge in [-0.25, -0.2) is 0 Å². The summed E-state index contributed by atoms with van der Waals surface area (Å²) in [7, 11) is 0. The van der Waals surface area contributed by atoms with Gasteiger partial charge in [-0.15, -0.1) is 0 Å². The van der Waals surface area contributed by atoms with Crippen LogP contribution in [0.3, 0.4) is 0 Å². The second kappa shape index (κ2) is 9.18. The molecule has 0 N–H and O–H groups in total. The number of benzene rings is 5. The third-order valence-electron chi connectivity index (χ3n) is 5.97. The first-order valence-corrected chi connectivity index (χ1v) is 11.4. The zero-order valence-electron chi connectivity index (χ0n) is 19.1. The lowest BCUT2D eigenvalue weighted by molar-refractivity contribution is 1.27. The van der Waals surface area contributed by atoms with E-state index in [1.807, 2.05) is 0 Å². The van der Waals surface area contributed by atoms with E-state index >= 15 is 0 Å². The van der Waals surface area contributed by atoms with E-state index in [-0.39, 0.29) is 0 Å². The molecule has 0 aliphatic heterocycles. The molecule has 0 fully saturated rings. The summed E-state index contributed by atoms with van der Waals surface area (Å²) in [6, 6.07) is 45.6. The average molecular weight is 426 g/mol. The molecule has 160 valence electrons. The lowest BCUT2D eigenvalue weighted by atomic mass is 9.97. The van der Waals surface area contributed by atoms with Crippen LogP contribution in [0.5, 0.6) is 0 Å². The summed E-state index contributed by atoms with van der Waals surface area (Å²) in [5, 5.41) is 0. The Morgan fingerprint density at radius 3 is 1.15 bits per heavy atom. The highest BCUT2D eigenvalue weighted by molar-refractivity contribution is 5.84. The lowest BCUT2D eigenvalue weighted by Gasteiger charge is -2.27. The summed E-state index contributed by atoms with van der Waals surface area (Å²) in [5.74, 6) is 0. The lowest BCUT2D eigenvalue weighted by Crippen LogP contribution is -2.10. The van der Waals surface area contributed by atoms with E-state index < -0.39 is 0 Å². The molecular weight excluding hydrogens is 398 g/mol. The van der Waals surface area contributed by atoms with Crippen molar-refractivity contribution in [1.29, 1.82) is 0 Å². The molecule has 0 amide bonds. The van der Waals surface area contributed by atoms with Crippen molar-refractivity contribution in [2.24, 2.45) is 0 Å². The van der Waals surface area contributed by atoms with Crippen LogP contribution in [0.1, 0.15) is 11.1 Å². The third kappa shape index (κ3) is 4.58. The van der Waals surface area contributed by atoms with Crippen LogP contribution in [0.25, 0.3) is 22.3 Å². The molecule has 5 rings (SSSR count). The molecule has 0 aliphatic carbocycles. The van der Waals surface area contributed by atoms with E-state index in [4.69, 9.17) is 0 Å². The third-order valence-corrected chi connectivity index (χ3v) is 5.97. The number of hydrogen-bond donors (Lipinski definition) is 0. The van der Waals surface area contributed by atoms with Crippen molar-refractivity contribution in [3.05, 3.63) is 139 Å². The van der Waals surface area contributed by atoms with Gasteiger partial charge in [0, 0.05) is 17.1 Å². The summed E-state index contributed by atoms with van der Waals surface area (Å²) >= 11 is 0. The van der Waals surface area contributed by atoms with Gasteiger partial charge >= 0.3 is 0 Å². The van der Waals surface area contributed by atoms with Crippen LogP contribution in [0, 0.1) is 13.8 Å². The first-order valence-electron chi connectivity index (χ1n) is 11.4. The largest absolute Gasteiger partial charge is 0.310 e. The van der Waals surface area contributed by atoms with Crippen LogP contribution >= 0.6 is 0 Å². The predicted molar refractivity (Wildman–Crippen MR) is 141 cm³/mol. The summed E-state index contributed by atoms with van der Waals surface area (Å²) in [6.45, 7) is 4.26. The maximum Gasteiger partial charge on any atom is 0.0473 e. The Morgan fingerprint density at radius 1 is 0.364 bits per heavy atom. The zero-order valence-corrected chi connectivity index (χ0v) is 19.1. The van der Waals surface area contributed by atoms with Gasteiger partial charge in [0.05, 0.1) is 0 Å². The van der Waals surface area contributed by atoms with E-state index in [2.05, 4.69) is 146 Å². The molecule has 0 aliphatic rings. The molecule has 0 radical (unpaired) electrons. The van der Waals surface area contributed by atoms with E-state index in [1.54, 1.807) is 0 Å². The molecular formula is C32H27N. The molecule has 0 saturated carbocycles. The van der Waals surface area contributed by atoms with Crippen molar-refractivity contribution < 1.29 is 0 Å². The molecule has 0 heterocycles. The Bertz CT molecular complexity index is 1230. The standard InChI is InChI=1S/C32H27N/c1-24-13-17-30(18-14-24)33(31-19-15-25(2)16-20-31)32-22-28(26-9-5-3-6-10-26)21-29(23-32)27-11-7-4-8-12-27/h3-23H,1-2H3. The van der Waals surface area contributed by atoms with Gasteiger partial charge in [0.2, 0.25) is 0 Å². The van der Waals surface area contributed by atoms with Crippen LogP contribution in [0.15, 0.2) is 127 Å². The van der Waals surface area contributed by atoms with Crippen molar-refractivity contribution in [2.45, 2.75) is 13.8 Å². The van der Waals surface area contributed by atoms with Crippen molar-refractivity contribution in [2.75, 3.05) is 4.90 Å². The minimum absolute atomic E-state index is 1.14. The Morgan fingerprint density at radius 2 is 0.758 bits per heavy atom. The van der Waals surface area contributed by atoms with E-state index in [1.165, 1.54) is 33.4 Å². The second-order valence-corrected chi connectivity index (χ2v) is 8.51. The number of aryl methyl sites for hydroxylation is 2. The maximum absolute atomic E-state index is 2.34. The molecule has 5 aromatic rings. The van der Waals surface area contributed by atoms with Gasteiger partial charge in [0.15, 0.2) is 0 Å². The number of nitrogens with zero attached hydrogens (tertiary/aromatic N) is 1. The molecule has 0 spiro atoms. The first kappa shape index (κ1) is 20.8. The van der Waals surface area contributed by atoms with Crippen LogP contribution in [-0.4, -0.2) is 0 Å². The van der Waals surface area contributed by atoms with E-state index in [9.17, 15) is 0 Å². The fourth-order valence-corrected chi connectivity index (χ4v) is 4.17. The molecule has 0 saturated heterocycles. The average Bonchev–Trinajstić information content (AvgIpc) is 2.87. The SMILES string of the molecule is Cc1ccc(N(c2ccc(C)cc2)c2cc(-c3ccccc3)cc(-c3ccccc3)c2)cc1. The van der Waals surface area contributed by atoms with Crippen molar-refractivity contribution in [3.8, 4) is 22.3 Å². The minimum atomic E-state index is 1.14. The molecule has 33 heavy (non-hydrogen) atoms. The topological polar surface area (TPSA) is 3.24 Å². The smallest absolute Gasteiger partial charge is 0.0473 e. The van der Waals surface area contributed by atoms with Gasteiger partial charge in [-0.05, 0) is 78.6 Å². The fraction of sp³-hybridized carbons (Fsp3) is 0.0625. The molecule has 5 aromatic carbocycles. The Labute approximate surface area is 196 Å². The van der Waals surface area contributed by atoms with Crippen molar-refractivity contribution in [1.82, 2.24) is 0 Å². The molecule has 0 bridgehead atoms. The van der Waals surface area contributed by atoms with Gasteiger partial charge in [0.25, 0.3) is 0 Å². The number of rotatable bonds is 5. The predicted octanol–water partition coefficient (Wildman–Crippen LogP) is 9.11. The monoisotopic (exact) mass is 425 g/mol. The van der Waals surface area contributed by atoms with E-state index in [0.29, 0.717) is 0 Å². The molecule has 0 unspecified atom stereocenters. The van der Waals surface area contributed by atoms with Crippen molar-refractivity contribution >= 4 is 17.1 Å². The van der Waals surface area contributed by atoms with Gasteiger partial charge in [-0.2, -0.15) is 0 Å². The Kier molecular flexibility index (Phi) is 5.78. The summed E-state index contributed by atoms with van der Waals surface area (Å²) in [6.07, 6.45) is 0. The molecule has 0 atom stereocenters. The van der Waals surface area contributed by atoms with Gasteiger partial charge < -0.3 is 4.90 Å². The number of hydrogen-bond acceptors (Lipinski definition) is 1.